The van der Waals surface area contributed by atoms with E-state index in [1.54, 1.807) is 0 Å². The number of hydrogen-bond donors (Lipinski definition) is 0. The zero-order valence-corrected chi connectivity index (χ0v) is 19.1. The van der Waals surface area contributed by atoms with Gasteiger partial charge in [-0.15, -0.1) is 0 Å². The van der Waals surface area contributed by atoms with E-state index in [-0.39, 0.29) is 0 Å². The van der Waals surface area contributed by atoms with E-state index in [0.717, 1.165) is 0 Å². The maximum absolute atomic E-state index is 14.4. The van der Waals surface area contributed by atoms with Crippen molar-refractivity contribution in [1.29, 1.82) is 0 Å². The molecule has 0 saturated heterocycles. The third-order valence-corrected chi connectivity index (χ3v) is 5.04. The first-order valence-electron chi connectivity index (χ1n) is 9.50. The summed E-state index contributed by atoms with van der Waals surface area (Å²) in [4.78, 5) is 11.0. The van der Waals surface area contributed by atoms with Crippen molar-refractivity contribution in [2.45, 2.75) is 78.7 Å². The van der Waals surface area contributed by atoms with Gasteiger partial charge in [0.05, 0.1) is 13.0 Å². The molecule has 0 aliphatic carbocycles. The fraction of sp³-hybridized carbons (Fsp3) is 0.824. The van der Waals surface area contributed by atoms with Crippen LogP contribution in [0.4, 0.5) is 101 Å². The molecule has 0 aromatic rings. The molecule has 1 atom stereocenters. The summed E-state index contributed by atoms with van der Waals surface area (Å²) in [6.07, 6.45) is -20.2. The number of hydrogen-bond acceptors (Lipinski definition) is 2. The highest BCUT2D eigenvalue weighted by atomic mass is 19.4. The Kier molecular flexibility index (Phi) is 9.76. The van der Waals surface area contributed by atoms with Gasteiger partial charge in [-0.2, -0.15) is 96.6 Å². The quantitative estimate of drug-likeness (QED) is 0.118. The van der Waals surface area contributed by atoms with E-state index in [0.29, 0.717) is 6.92 Å². The first-order chi connectivity index (χ1) is 17.8. The van der Waals surface area contributed by atoms with Crippen molar-refractivity contribution in [3.63, 3.8) is 0 Å². The Balaban J connectivity index is 7.35. The van der Waals surface area contributed by atoms with E-state index in [2.05, 4.69) is 11.3 Å². The number of carbonyl (C=O) groups is 1. The van der Waals surface area contributed by atoms with Gasteiger partial charge in [0.2, 0.25) is 0 Å². The first kappa shape index (κ1) is 39.6. The number of esters is 1. The predicted octanol–water partition coefficient (Wildman–Crippen LogP) is 8.41. The molecule has 0 saturated carbocycles. The number of halogens is 23. The highest BCUT2D eigenvalue weighted by Crippen LogP contribution is 2.68. The van der Waals surface area contributed by atoms with Gasteiger partial charge in [-0.1, -0.05) is 6.58 Å². The molecule has 2 nitrogen and oxygen atoms in total. The van der Waals surface area contributed by atoms with Crippen LogP contribution in [0, 0.1) is 0 Å². The van der Waals surface area contributed by atoms with Crippen LogP contribution in [0.2, 0.25) is 0 Å². The Morgan fingerprint density at radius 3 is 1.10 bits per heavy atom. The highest BCUT2D eigenvalue weighted by molar-refractivity contribution is 5.86. The summed E-state index contributed by atoms with van der Waals surface area (Å²) in [5, 5.41) is 0. The lowest BCUT2D eigenvalue weighted by Gasteiger charge is -2.47. The lowest BCUT2D eigenvalue weighted by Crippen LogP contribution is -2.80. The molecule has 0 radical (unpaired) electrons. The van der Waals surface area contributed by atoms with Crippen LogP contribution in [0.25, 0.3) is 0 Å². The van der Waals surface area contributed by atoms with Crippen molar-refractivity contribution in [3.8, 4) is 0 Å². The Labute approximate surface area is 215 Å². The van der Waals surface area contributed by atoms with Crippen LogP contribution in [0.1, 0.15) is 13.3 Å². The van der Waals surface area contributed by atoms with Gasteiger partial charge in [-0.3, -0.25) is 0 Å². The third kappa shape index (κ3) is 5.18. The Hall–Kier alpha value is -2.40. The second-order valence-electron chi connectivity index (χ2n) is 8.05. The molecule has 0 N–H and O–H groups in total. The fourth-order valence-electron chi connectivity index (χ4n) is 2.54. The maximum atomic E-state index is 14.4. The number of carbonyl (C=O) groups excluding carboxylic acids is 1. The fourth-order valence-corrected chi connectivity index (χ4v) is 2.54. The van der Waals surface area contributed by atoms with E-state index < -0.39 is 90.0 Å². The summed E-state index contributed by atoms with van der Waals surface area (Å²) in [5.74, 6) is -73.3. The number of alkyl halides is 23. The summed E-state index contributed by atoms with van der Waals surface area (Å²) in [6, 6.07) is 0. The van der Waals surface area contributed by atoms with Crippen molar-refractivity contribution in [1.82, 2.24) is 0 Å². The van der Waals surface area contributed by atoms with Gasteiger partial charge in [0.15, 0.2) is 0 Å². The van der Waals surface area contributed by atoms with Gasteiger partial charge in [-0.25, -0.2) is 9.18 Å². The van der Waals surface area contributed by atoms with Gasteiger partial charge in [0.25, 0.3) is 0 Å². The zero-order valence-electron chi connectivity index (χ0n) is 19.1. The molecule has 0 aromatic carbocycles. The molecule has 0 amide bonds. The maximum Gasteiger partial charge on any atom is 0.460 e. The minimum absolute atomic E-state index is 0.692. The monoisotopic (exact) mass is 682 g/mol. The molecule has 0 aromatic heterocycles. The molecule has 25 heteroatoms. The van der Waals surface area contributed by atoms with Crippen molar-refractivity contribution < 1.29 is 111 Å². The molecular formula is C17H9F23O2. The van der Waals surface area contributed by atoms with Crippen LogP contribution in [0.3, 0.4) is 0 Å². The SMILES string of the molecule is C=C(C)C(=O)OCCC(F)(F)C(F)(F)C(F)(C(F)(F)F)C(F)(F)C(F)(F)C(F)(F)C(F)(F)C(F)(F)C(F)(F)C(F)(F)F. The average molecular weight is 682 g/mol. The Morgan fingerprint density at radius 1 is 0.500 bits per heavy atom. The van der Waals surface area contributed by atoms with E-state index in [1.807, 2.05) is 0 Å². The smallest absolute Gasteiger partial charge is 0.460 e. The van der Waals surface area contributed by atoms with Gasteiger partial charge in [-0.05, 0) is 6.92 Å². The van der Waals surface area contributed by atoms with Crippen LogP contribution in [0.5, 0.6) is 0 Å². The topological polar surface area (TPSA) is 26.3 Å². The zero-order chi connectivity index (χ0) is 34.8. The second-order valence-corrected chi connectivity index (χ2v) is 8.05. The van der Waals surface area contributed by atoms with Gasteiger partial charge < -0.3 is 4.74 Å². The van der Waals surface area contributed by atoms with Crippen LogP contribution in [-0.2, 0) is 9.53 Å². The molecule has 0 heterocycles. The van der Waals surface area contributed by atoms with Crippen LogP contribution in [0.15, 0.2) is 12.2 Å². The van der Waals surface area contributed by atoms with E-state index in [4.69, 9.17) is 0 Å². The predicted molar refractivity (Wildman–Crippen MR) is 85.9 cm³/mol. The summed E-state index contributed by atoms with van der Waals surface area (Å²) in [7, 11) is 0. The van der Waals surface area contributed by atoms with Crippen LogP contribution < -0.4 is 0 Å². The molecule has 0 bridgehead atoms. The van der Waals surface area contributed by atoms with Gasteiger partial charge in [0, 0.05) is 5.57 Å². The molecule has 0 fully saturated rings. The van der Waals surface area contributed by atoms with Gasteiger partial charge >= 0.3 is 71.4 Å². The molecule has 1 unspecified atom stereocenters. The van der Waals surface area contributed by atoms with Gasteiger partial charge in [0.1, 0.15) is 0 Å². The van der Waals surface area contributed by atoms with Crippen molar-refractivity contribution in [2.24, 2.45) is 0 Å². The van der Waals surface area contributed by atoms with Crippen LogP contribution >= 0.6 is 0 Å². The first-order valence-corrected chi connectivity index (χ1v) is 9.50. The third-order valence-electron chi connectivity index (χ3n) is 5.04. The average Bonchev–Trinajstić information content (AvgIpc) is 2.75. The molecule has 0 rings (SSSR count). The highest BCUT2D eigenvalue weighted by Gasteiger charge is 3.00. The van der Waals surface area contributed by atoms with E-state index in [1.165, 1.54) is 0 Å². The van der Waals surface area contributed by atoms with Crippen molar-refractivity contribution >= 4 is 5.97 Å². The minimum atomic E-state index is -9.58. The van der Waals surface area contributed by atoms with E-state index >= 15 is 0 Å². The summed E-state index contributed by atoms with van der Waals surface area (Å²) >= 11 is 0. The molecule has 0 spiro atoms. The van der Waals surface area contributed by atoms with E-state index in [9.17, 15) is 106 Å². The summed E-state index contributed by atoms with van der Waals surface area (Å²) in [5.41, 5.74) is -10.0. The normalized spacial score (nSPS) is 17.1. The molecule has 0 aliphatic rings. The van der Waals surface area contributed by atoms with Crippen LogP contribution in [-0.4, -0.2) is 78.0 Å². The summed E-state index contributed by atoms with van der Waals surface area (Å²) < 4.78 is 311. The lowest BCUT2D eigenvalue weighted by molar-refractivity contribution is -0.481. The molecule has 250 valence electrons. The Morgan fingerprint density at radius 2 is 0.810 bits per heavy atom. The lowest BCUT2D eigenvalue weighted by atomic mass is 9.78. The summed E-state index contributed by atoms with van der Waals surface area (Å²) in [6.45, 7) is 1.08. The number of rotatable bonds is 12. The minimum Gasteiger partial charge on any atom is -0.462 e. The standard InChI is InChI=1S/C17H9F23O2/c1-5(2)6(41)42-4-3-7(18,19)9(21,22)8(20,16(35,36)37)10(23,24)11(25,26)12(27,28)13(29,30)14(31,32)15(33,34)17(38,39)40/h1,3-4H2,2H3. The van der Waals surface area contributed by atoms with Crippen molar-refractivity contribution in [2.75, 3.05) is 6.61 Å². The second kappa shape index (κ2) is 10.4. The largest absolute Gasteiger partial charge is 0.462 e. The molecule has 42 heavy (non-hydrogen) atoms. The Bertz CT molecular complexity index is 1020. The molecular weight excluding hydrogens is 673 g/mol. The molecule has 0 aliphatic heterocycles. The van der Waals surface area contributed by atoms with Crippen molar-refractivity contribution in [3.05, 3.63) is 12.2 Å². The number of ether oxygens (including phenoxy) is 1.